The largest absolute Gasteiger partial charge is 0.371 e. The second-order valence-corrected chi connectivity index (χ2v) is 4.02. The lowest BCUT2D eigenvalue weighted by molar-refractivity contribution is -0.384. The molecule has 0 heterocycles. The number of benzene rings is 1. The Hall–Kier alpha value is -2.62. The van der Waals surface area contributed by atoms with E-state index in [-0.39, 0.29) is 23.8 Å². The van der Waals surface area contributed by atoms with Gasteiger partial charge in [-0.05, 0) is 26.0 Å². The summed E-state index contributed by atoms with van der Waals surface area (Å²) < 4.78 is 0. The Morgan fingerprint density at radius 1 is 1.45 bits per heavy atom. The van der Waals surface area contributed by atoms with Gasteiger partial charge >= 0.3 is 0 Å². The lowest BCUT2D eigenvalue weighted by Crippen LogP contribution is -2.35. The number of carbonyl (C=O) groups is 1. The summed E-state index contributed by atoms with van der Waals surface area (Å²) >= 11 is 0. The Morgan fingerprint density at radius 2 is 2.10 bits per heavy atom. The Kier molecular flexibility index (Phi) is 5.47. The van der Waals surface area contributed by atoms with Crippen LogP contribution in [0.2, 0.25) is 0 Å². The third-order valence-electron chi connectivity index (χ3n) is 2.87. The number of likely N-dealkylation sites (N-methyl/N-ethyl adjacent to an activating group) is 1. The van der Waals surface area contributed by atoms with E-state index in [9.17, 15) is 14.9 Å². The average molecular weight is 276 g/mol. The molecule has 1 rings (SSSR count). The van der Waals surface area contributed by atoms with Crippen molar-refractivity contribution in [3.05, 3.63) is 33.9 Å². The summed E-state index contributed by atoms with van der Waals surface area (Å²) in [6, 6.07) is 5.90. The molecule has 0 radical (unpaired) electrons. The van der Waals surface area contributed by atoms with E-state index in [1.165, 1.54) is 18.2 Å². The van der Waals surface area contributed by atoms with Crippen LogP contribution in [-0.4, -0.2) is 35.4 Å². The molecule has 1 N–H and O–H groups in total. The van der Waals surface area contributed by atoms with Gasteiger partial charge in [0.2, 0.25) is 5.91 Å². The van der Waals surface area contributed by atoms with Crippen LogP contribution in [0.25, 0.3) is 0 Å². The molecule has 0 atom stereocenters. The van der Waals surface area contributed by atoms with E-state index in [4.69, 9.17) is 5.26 Å². The number of amides is 1. The topological polar surface area (TPSA) is 99.3 Å². The molecule has 7 nitrogen and oxygen atoms in total. The minimum Gasteiger partial charge on any atom is -0.371 e. The fourth-order valence-corrected chi connectivity index (χ4v) is 1.77. The molecule has 0 saturated heterocycles. The van der Waals surface area contributed by atoms with Crippen molar-refractivity contribution in [2.75, 3.05) is 25.0 Å². The van der Waals surface area contributed by atoms with Crippen molar-refractivity contribution in [1.82, 2.24) is 4.90 Å². The van der Waals surface area contributed by atoms with Gasteiger partial charge in [-0.25, -0.2) is 0 Å². The number of nitrogens with one attached hydrogen (secondary N) is 1. The third-order valence-corrected chi connectivity index (χ3v) is 2.87. The van der Waals surface area contributed by atoms with Gasteiger partial charge < -0.3 is 10.2 Å². The molecule has 1 aromatic rings. The fourth-order valence-electron chi connectivity index (χ4n) is 1.77. The second-order valence-electron chi connectivity index (χ2n) is 4.02. The number of nitro benzene ring substituents is 1. The van der Waals surface area contributed by atoms with Gasteiger partial charge in [-0.3, -0.25) is 14.9 Å². The minimum absolute atomic E-state index is 0.0442. The molecular formula is C13H16N4O3. The van der Waals surface area contributed by atoms with E-state index in [0.29, 0.717) is 18.7 Å². The quantitative estimate of drug-likeness (QED) is 0.630. The first-order valence-corrected chi connectivity index (χ1v) is 6.23. The van der Waals surface area contributed by atoms with Crippen LogP contribution in [0.1, 0.15) is 19.4 Å². The maximum Gasteiger partial charge on any atom is 0.292 e. The summed E-state index contributed by atoms with van der Waals surface area (Å²) in [5, 5.41) is 22.4. The molecule has 0 aliphatic heterocycles. The number of hydrogen-bond donors (Lipinski definition) is 1. The average Bonchev–Trinajstić information content (AvgIpc) is 2.45. The Bertz CT molecular complexity index is 547. The van der Waals surface area contributed by atoms with E-state index >= 15 is 0 Å². The molecule has 7 heteroatoms. The zero-order valence-electron chi connectivity index (χ0n) is 11.4. The smallest absolute Gasteiger partial charge is 0.292 e. The van der Waals surface area contributed by atoms with E-state index in [2.05, 4.69) is 5.32 Å². The monoisotopic (exact) mass is 276 g/mol. The predicted octanol–water partition coefficient (Wildman–Crippen LogP) is 1.75. The van der Waals surface area contributed by atoms with Crippen LogP contribution in [0.15, 0.2) is 18.2 Å². The minimum atomic E-state index is -0.550. The molecule has 0 spiro atoms. The van der Waals surface area contributed by atoms with E-state index in [0.717, 1.165) is 0 Å². The van der Waals surface area contributed by atoms with Gasteiger partial charge in [0.25, 0.3) is 5.69 Å². The zero-order valence-corrected chi connectivity index (χ0v) is 11.4. The van der Waals surface area contributed by atoms with E-state index in [1.54, 1.807) is 4.90 Å². The highest BCUT2D eigenvalue weighted by Crippen LogP contribution is 2.25. The van der Waals surface area contributed by atoms with Crippen molar-refractivity contribution < 1.29 is 9.72 Å². The predicted molar refractivity (Wildman–Crippen MR) is 74.2 cm³/mol. The maximum absolute atomic E-state index is 11.8. The van der Waals surface area contributed by atoms with Gasteiger partial charge in [-0.2, -0.15) is 5.26 Å². The van der Waals surface area contributed by atoms with Crippen molar-refractivity contribution in [3.8, 4) is 6.07 Å². The SMILES string of the molecule is CCN(CC)C(=O)CNc1cc(C#N)ccc1[N+](=O)[O-]. The van der Waals surface area contributed by atoms with Gasteiger partial charge in [0.05, 0.1) is 23.1 Å². The van der Waals surface area contributed by atoms with Crippen LogP contribution in [0, 0.1) is 21.4 Å². The highest BCUT2D eigenvalue weighted by Gasteiger charge is 2.16. The maximum atomic E-state index is 11.8. The highest BCUT2D eigenvalue weighted by atomic mass is 16.6. The van der Waals surface area contributed by atoms with Gasteiger partial charge in [0, 0.05) is 19.2 Å². The number of nitriles is 1. The standard InChI is InChI=1S/C13H16N4O3/c1-3-16(4-2)13(18)9-15-11-7-10(8-14)5-6-12(11)17(19)20/h5-7,15H,3-4,9H2,1-2H3. The van der Waals surface area contributed by atoms with Crippen LogP contribution in [-0.2, 0) is 4.79 Å². The highest BCUT2D eigenvalue weighted by molar-refractivity contribution is 5.82. The molecule has 0 aromatic heterocycles. The van der Waals surface area contributed by atoms with E-state index < -0.39 is 4.92 Å². The van der Waals surface area contributed by atoms with Gasteiger partial charge in [-0.15, -0.1) is 0 Å². The van der Waals surface area contributed by atoms with Crippen LogP contribution in [0.5, 0.6) is 0 Å². The fraction of sp³-hybridized carbons (Fsp3) is 0.385. The molecule has 0 bridgehead atoms. The normalized spacial score (nSPS) is 9.65. The van der Waals surface area contributed by atoms with Crippen LogP contribution in [0.4, 0.5) is 11.4 Å². The number of nitrogens with zero attached hydrogens (tertiary/aromatic N) is 3. The van der Waals surface area contributed by atoms with Crippen molar-refractivity contribution in [2.45, 2.75) is 13.8 Å². The Balaban J connectivity index is 2.88. The molecular weight excluding hydrogens is 260 g/mol. The zero-order chi connectivity index (χ0) is 15.1. The van der Waals surface area contributed by atoms with Crippen molar-refractivity contribution in [2.24, 2.45) is 0 Å². The summed E-state index contributed by atoms with van der Waals surface area (Å²) in [4.78, 5) is 23.8. The molecule has 1 aromatic carbocycles. The molecule has 1 amide bonds. The number of hydrogen-bond acceptors (Lipinski definition) is 5. The van der Waals surface area contributed by atoms with Crippen molar-refractivity contribution in [1.29, 1.82) is 5.26 Å². The molecule has 0 fully saturated rings. The first-order chi connectivity index (χ1) is 9.53. The summed E-state index contributed by atoms with van der Waals surface area (Å²) in [6.07, 6.45) is 0. The number of anilines is 1. The summed E-state index contributed by atoms with van der Waals surface area (Å²) in [6.45, 7) is 4.84. The second kappa shape index (κ2) is 7.09. The molecule has 0 unspecified atom stereocenters. The summed E-state index contributed by atoms with van der Waals surface area (Å²) in [5.74, 6) is -0.147. The van der Waals surface area contributed by atoms with Gasteiger partial charge in [0.15, 0.2) is 0 Å². The molecule has 20 heavy (non-hydrogen) atoms. The van der Waals surface area contributed by atoms with Crippen molar-refractivity contribution in [3.63, 3.8) is 0 Å². The Labute approximate surface area is 117 Å². The third kappa shape index (κ3) is 3.68. The summed E-state index contributed by atoms with van der Waals surface area (Å²) in [5.41, 5.74) is 0.319. The number of nitro groups is 1. The molecule has 0 aliphatic rings. The lowest BCUT2D eigenvalue weighted by atomic mass is 10.2. The van der Waals surface area contributed by atoms with Gasteiger partial charge in [0.1, 0.15) is 5.69 Å². The molecule has 0 aliphatic carbocycles. The van der Waals surface area contributed by atoms with Crippen LogP contribution >= 0.6 is 0 Å². The van der Waals surface area contributed by atoms with E-state index in [1.807, 2.05) is 19.9 Å². The van der Waals surface area contributed by atoms with Crippen molar-refractivity contribution >= 4 is 17.3 Å². The van der Waals surface area contributed by atoms with Crippen LogP contribution < -0.4 is 5.32 Å². The summed E-state index contributed by atoms with van der Waals surface area (Å²) in [7, 11) is 0. The molecule has 106 valence electrons. The first kappa shape index (κ1) is 15.4. The number of carbonyl (C=O) groups excluding carboxylic acids is 1. The lowest BCUT2D eigenvalue weighted by Gasteiger charge is -2.19. The van der Waals surface area contributed by atoms with Gasteiger partial charge in [-0.1, -0.05) is 0 Å². The molecule has 0 saturated carbocycles. The number of rotatable bonds is 6. The Morgan fingerprint density at radius 3 is 2.60 bits per heavy atom. The van der Waals surface area contributed by atoms with Crippen LogP contribution in [0.3, 0.4) is 0 Å². The first-order valence-electron chi connectivity index (χ1n) is 6.23.